The molecule has 0 bridgehead atoms. The van der Waals surface area contributed by atoms with Gasteiger partial charge in [-0.15, -0.1) is 0 Å². The summed E-state index contributed by atoms with van der Waals surface area (Å²) in [7, 11) is -2.08. The first-order valence-electron chi connectivity index (χ1n) is 9.26. The van der Waals surface area contributed by atoms with Gasteiger partial charge in [0.05, 0.1) is 34.6 Å². The number of anilines is 2. The van der Waals surface area contributed by atoms with Crippen molar-refractivity contribution in [3.63, 3.8) is 0 Å². The molecule has 0 saturated carbocycles. The Morgan fingerprint density at radius 1 is 1.17 bits per heavy atom. The Kier molecular flexibility index (Phi) is 7.03. The third-order valence-electron chi connectivity index (χ3n) is 4.38. The van der Waals surface area contributed by atoms with Crippen molar-refractivity contribution in [1.82, 2.24) is 24.2 Å². The molecule has 2 heterocycles. The fraction of sp³-hybridized carbons (Fsp3) is 0.316. The number of benzene rings is 1. The highest BCUT2D eigenvalue weighted by molar-refractivity contribution is 7.89. The number of aromatic nitrogens is 4. The zero-order chi connectivity index (χ0) is 21.7. The average Bonchev–Trinajstić information content (AvgIpc) is 3.10. The summed E-state index contributed by atoms with van der Waals surface area (Å²) < 4.78 is 33.8. The van der Waals surface area contributed by atoms with Crippen LogP contribution in [0.2, 0.25) is 5.02 Å². The van der Waals surface area contributed by atoms with Crippen molar-refractivity contribution in [3.8, 4) is 11.4 Å². The van der Waals surface area contributed by atoms with Crippen LogP contribution in [0.25, 0.3) is 11.4 Å². The molecule has 9 nitrogen and oxygen atoms in total. The van der Waals surface area contributed by atoms with E-state index in [0.29, 0.717) is 29.0 Å². The van der Waals surface area contributed by atoms with Crippen LogP contribution in [0.1, 0.15) is 12.7 Å². The van der Waals surface area contributed by atoms with Crippen LogP contribution in [-0.4, -0.2) is 48.2 Å². The van der Waals surface area contributed by atoms with Gasteiger partial charge in [-0.1, -0.05) is 11.6 Å². The third kappa shape index (κ3) is 4.96. The molecular weight excluding hydrogens is 428 g/mol. The van der Waals surface area contributed by atoms with Crippen LogP contribution in [0.15, 0.2) is 41.6 Å². The Morgan fingerprint density at radius 2 is 1.90 bits per heavy atom. The van der Waals surface area contributed by atoms with E-state index in [4.69, 9.17) is 16.3 Å². The number of halogens is 1. The summed E-state index contributed by atoms with van der Waals surface area (Å²) in [6, 6.07) is 6.29. The maximum atomic E-state index is 12.2. The van der Waals surface area contributed by atoms with Crippen molar-refractivity contribution >= 4 is 33.3 Å². The molecule has 30 heavy (non-hydrogen) atoms. The van der Waals surface area contributed by atoms with Gasteiger partial charge in [0.25, 0.3) is 0 Å². The van der Waals surface area contributed by atoms with Crippen molar-refractivity contribution < 1.29 is 13.2 Å². The molecule has 0 fully saturated rings. The molecule has 0 aliphatic rings. The van der Waals surface area contributed by atoms with Gasteiger partial charge >= 0.3 is 0 Å². The molecule has 1 aromatic carbocycles. The number of sulfonamides is 1. The first kappa shape index (κ1) is 22.2. The Hall–Kier alpha value is -2.53. The molecule has 2 N–H and O–H groups in total. The minimum Gasteiger partial charge on any atom is -0.383 e. The standard InChI is InChI=1S/C19H23ClN6O3S/c1-4-26-13(2)21-12-17(26)18-16(20)11-22-19(25-18)24-14-5-7-15(8-6-14)30(27,28)23-9-10-29-3/h5-8,11-12,23H,4,9-10H2,1-3H3,(H,22,24,25). The minimum atomic E-state index is -3.59. The van der Waals surface area contributed by atoms with E-state index in [1.807, 2.05) is 18.4 Å². The third-order valence-corrected chi connectivity index (χ3v) is 6.13. The molecule has 0 spiro atoms. The molecule has 3 aromatic rings. The molecule has 0 radical (unpaired) electrons. The summed E-state index contributed by atoms with van der Waals surface area (Å²) in [5.74, 6) is 1.21. The average molecular weight is 451 g/mol. The van der Waals surface area contributed by atoms with Crippen molar-refractivity contribution in [1.29, 1.82) is 0 Å². The first-order chi connectivity index (χ1) is 14.4. The van der Waals surface area contributed by atoms with E-state index in [9.17, 15) is 8.42 Å². The van der Waals surface area contributed by atoms with Crippen molar-refractivity contribution in [2.24, 2.45) is 0 Å². The number of nitrogens with zero attached hydrogens (tertiary/aromatic N) is 4. The molecule has 0 aliphatic carbocycles. The molecule has 0 amide bonds. The van der Waals surface area contributed by atoms with Gasteiger partial charge < -0.3 is 14.6 Å². The Morgan fingerprint density at radius 3 is 2.57 bits per heavy atom. The van der Waals surface area contributed by atoms with Crippen LogP contribution in [0.5, 0.6) is 0 Å². The van der Waals surface area contributed by atoms with E-state index >= 15 is 0 Å². The van der Waals surface area contributed by atoms with E-state index in [2.05, 4.69) is 25.0 Å². The van der Waals surface area contributed by atoms with Gasteiger partial charge in [0.15, 0.2) is 0 Å². The fourth-order valence-electron chi connectivity index (χ4n) is 2.87. The summed E-state index contributed by atoms with van der Waals surface area (Å²) in [4.78, 5) is 13.2. The van der Waals surface area contributed by atoms with E-state index in [1.54, 1.807) is 18.3 Å². The topological polar surface area (TPSA) is 111 Å². The summed E-state index contributed by atoms with van der Waals surface area (Å²) in [6.07, 6.45) is 3.25. The molecule has 3 rings (SSSR count). The van der Waals surface area contributed by atoms with Gasteiger partial charge in [0.2, 0.25) is 16.0 Å². The molecule has 160 valence electrons. The molecule has 0 aliphatic heterocycles. The second kappa shape index (κ2) is 9.52. The zero-order valence-electron chi connectivity index (χ0n) is 16.9. The van der Waals surface area contributed by atoms with E-state index in [0.717, 1.165) is 18.1 Å². The highest BCUT2D eigenvalue weighted by atomic mass is 35.5. The summed E-state index contributed by atoms with van der Waals surface area (Å²) in [5.41, 5.74) is 2.01. The zero-order valence-corrected chi connectivity index (χ0v) is 18.5. The van der Waals surface area contributed by atoms with Gasteiger partial charge in [-0.25, -0.2) is 28.1 Å². The second-order valence-corrected chi connectivity index (χ2v) is 8.54. The van der Waals surface area contributed by atoms with Crippen LogP contribution in [0.4, 0.5) is 11.6 Å². The molecular formula is C19H23ClN6O3S. The van der Waals surface area contributed by atoms with Crippen LogP contribution in [-0.2, 0) is 21.3 Å². The highest BCUT2D eigenvalue weighted by Crippen LogP contribution is 2.28. The maximum absolute atomic E-state index is 12.2. The number of ether oxygens (including phenoxy) is 1. The van der Waals surface area contributed by atoms with Gasteiger partial charge in [0, 0.05) is 25.9 Å². The second-order valence-electron chi connectivity index (χ2n) is 6.37. The predicted octanol–water partition coefficient (Wildman–Crippen LogP) is 2.99. The fourth-order valence-corrected chi connectivity index (χ4v) is 4.07. The van der Waals surface area contributed by atoms with Crippen molar-refractivity contribution in [2.45, 2.75) is 25.3 Å². The monoisotopic (exact) mass is 450 g/mol. The number of hydrogen-bond donors (Lipinski definition) is 2. The Bertz CT molecular complexity index is 1120. The Balaban J connectivity index is 1.80. The summed E-state index contributed by atoms with van der Waals surface area (Å²) >= 11 is 6.32. The first-order valence-corrected chi connectivity index (χ1v) is 11.1. The lowest BCUT2D eigenvalue weighted by molar-refractivity contribution is 0.204. The van der Waals surface area contributed by atoms with Gasteiger partial charge in [-0.3, -0.25) is 0 Å². The SMILES string of the molecule is CCn1c(-c2nc(Nc3ccc(S(=O)(=O)NCCOC)cc3)ncc2Cl)cnc1C. The normalized spacial score (nSPS) is 11.6. The molecule has 2 aromatic heterocycles. The van der Waals surface area contributed by atoms with Crippen LogP contribution in [0, 0.1) is 6.92 Å². The molecule has 0 unspecified atom stereocenters. The predicted molar refractivity (Wildman–Crippen MR) is 115 cm³/mol. The highest BCUT2D eigenvalue weighted by Gasteiger charge is 2.15. The van der Waals surface area contributed by atoms with Crippen LogP contribution >= 0.6 is 11.6 Å². The lowest BCUT2D eigenvalue weighted by Gasteiger charge is -2.11. The van der Waals surface area contributed by atoms with Gasteiger partial charge in [-0.2, -0.15) is 0 Å². The van der Waals surface area contributed by atoms with Crippen LogP contribution < -0.4 is 10.0 Å². The number of aryl methyl sites for hydroxylation is 1. The number of imidazole rings is 1. The van der Waals surface area contributed by atoms with Crippen molar-refractivity contribution in [3.05, 3.63) is 47.5 Å². The maximum Gasteiger partial charge on any atom is 0.240 e. The smallest absolute Gasteiger partial charge is 0.240 e. The largest absolute Gasteiger partial charge is 0.383 e. The van der Waals surface area contributed by atoms with E-state index < -0.39 is 10.0 Å². The summed E-state index contributed by atoms with van der Waals surface area (Å²) in [6.45, 7) is 5.17. The number of nitrogens with one attached hydrogen (secondary N) is 2. The lowest BCUT2D eigenvalue weighted by Crippen LogP contribution is -2.27. The molecule has 0 atom stereocenters. The number of rotatable bonds is 9. The van der Waals surface area contributed by atoms with E-state index in [-0.39, 0.29) is 11.4 Å². The molecule has 0 saturated heterocycles. The van der Waals surface area contributed by atoms with Gasteiger partial charge in [-0.05, 0) is 38.1 Å². The van der Waals surface area contributed by atoms with Gasteiger partial charge in [0.1, 0.15) is 11.5 Å². The summed E-state index contributed by atoms with van der Waals surface area (Å²) in [5, 5.41) is 3.49. The van der Waals surface area contributed by atoms with Crippen LogP contribution in [0.3, 0.4) is 0 Å². The lowest BCUT2D eigenvalue weighted by atomic mass is 10.3. The minimum absolute atomic E-state index is 0.157. The quantitative estimate of drug-likeness (QED) is 0.482. The Labute approximate surface area is 180 Å². The molecule has 11 heteroatoms. The van der Waals surface area contributed by atoms with E-state index in [1.165, 1.54) is 25.4 Å². The number of hydrogen-bond acceptors (Lipinski definition) is 7. The van der Waals surface area contributed by atoms with Crippen molar-refractivity contribution in [2.75, 3.05) is 25.6 Å². The number of methoxy groups -OCH3 is 1.